The van der Waals surface area contributed by atoms with Gasteiger partial charge in [0.05, 0.1) is 29.5 Å². The lowest BCUT2D eigenvalue weighted by atomic mass is 9.94. The van der Waals surface area contributed by atoms with Gasteiger partial charge >= 0.3 is 0 Å². The molecule has 0 radical (unpaired) electrons. The van der Waals surface area contributed by atoms with Crippen molar-refractivity contribution < 1.29 is 18.6 Å². The number of benzene rings is 2. The molecule has 1 saturated carbocycles. The maximum Gasteiger partial charge on any atom is 0.221 e. The number of ether oxygens (including phenoxy) is 1. The van der Waals surface area contributed by atoms with Crippen LogP contribution in [0.15, 0.2) is 54.4 Å². The molecule has 0 bridgehead atoms. The standard InChI is InChI=1S/C30H30F2N4O2/c1-17(33)27(18(2)37)20-10-12-26-25(16-20)35-29(36(26)21-7-5-4-6-8-21)22-13-14-34-30(38-3)28(22)19-9-11-23(31)24(32)15-19/h9-16,21,33,37H,4-8H2,1-3H3/b27-18+,33-17?. The molecule has 4 aromatic rings. The van der Waals surface area contributed by atoms with Crippen molar-refractivity contribution in [2.75, 3.05) is 7.11 Å². The highest BCUT2D eigenvalue weighted by atomic mass is 19.2. The lowest BCUT2D eigenvalue weighted by Gasteiger charge is -2.26. The lowest BCUT2D eigenvalue weighted by molar-refractivity contribution is 0.362. The zero-order chi connectivity index (χ0) is 27.0. The number of aromatic nitrogens is 3. The Hall–Kier alpha value is -4.07. The van der Waals surface area contributed by atoms with Crippen molar-refractivity contribution in [1.29, 1.82) is 5.41 Å². The molecule has 0 saturated heterocycles. The van der Waals surface area contributed by atoms with E-state index in [0.29, 0.717) is 33.7 Å². The van der Waals surface area contributed by atoms with Gasteiger partial charge in [-0.15, -0.1) is 0 Å². The first-order valence-corrected chi connectivity index (χ1v) is 12.8. The molecule has 2 aromatic carbocycles. The van der Waals surface area contributed by atoms with Crippen molar-refractivity contribution in [3.8, 4) is 28.4 Å². The molecular weight excluding hydrogens is 486 g/mol. The molecule has 0 unspecified atom stereocenters. The third kappa shape index (κ3) is 4.55. The van der Waals surface area contributed by atoms with E-state index >= 15 is 0 Å². The number of aliphatic hydroxyl groups is 1. The highest BCUT2D eigenvalue weighted by Gasteiger charge is 2.26. The number of allylic oxidation sites excluding steroid dienone is 2. The number of imidazole rings is 1. The maximum atomic E-state index is 14.3. The smallest absolute Gasteiger partial charge is 0.221 e. The monoisotopic (exact) mass is 516 g/mol. The summed E-state index contributed by atoms with van der Waals surface area (Å²) in [4.78, 5) is 9.41. The quantitative estimate of drug-likeness (QED) is 0.202. The van der Waals surface area contributed by atoms with Crippen LogP contribution < -0.4 is 4.74 Å². The summed E-state index contributed by atoms with van der Waals surface area (Å²) >= 11 is 0. The first kappa shape index (κ1) is 25.6. The average Bonchev–Trinajstić information content (AvgIpc) is 3.28. The first-order valence-electron chi connectivity index (χ1n) is 12.8. The molecule has 1 aliphatic rings. The summed E-state index contributed by atoms with van der Waals surface area (Å²) in [5.74, 6) is -0.835. The Morgan fingerprint density at radius 3 is 2.45 bits per heavy atom. The number of hydrogen-bond donors (Lipinski definition) is 2. The second kappa shape index (κ2) is 10.4. The number of aliphatic hydroxyl groups excluding tert-OH is 1. The first-order chi connectivity index (χ1) is 18.3. The molecule has 1 fully saturated rings. The fourth-order valence-electron chi connectivity index (χ4n) is 5.56. The SMILES string of the molecule is COc1nccc(-c2nc3cc(/C(C(C)=N)=C(\C)O)ccc3n2C2CCCCC2)c1-c1ccc(F)c(F)c1. The van der Waals surface area contributed by atoms with Gasteiger partial charge in [-0.2, -0.15) is 0 Å². The Balaban J connectivity index is 1.80. The molecule has 196 valence electrons. The van der Waals surface area contributed by atoms with Crippen LogP contribution in [-0.4, -0.2) is 32.5 Å². The number of nitrogens with one attached hydrogen (secondary N) is 1. The summed E-state index contributed by atoms with van der Waals surface area (Å²) in [6.07, 6.45) is 7.05. The lowest BCUT2D eigenvalue weighted by Crippen LogP contribution is -2.14. The predicted octanol–water partition coefficient (Wildman–Crippen LogP) is 7.89. The van der Waals surface area contributed by atoms with Crippen molar-refractivity contribution in [3.63, 3.8) is 0 Å². The number of rotatable bonds is 6. The van der Waals surface area contributed by atoms with Crippen molar-refractivity contribution in [2.45, 2.75) is 52.0 Å². The summed E-state index contributed by atoms with van der Waals surface area (Å²) in [5, 5.41) is 18.4. The number of nitrogens with zero attached hydrogens (tertiary/aromatic N) is 3. The fourth-order valence-corrected chi connectivity index (χ4v) is 5.56. The Kier molecular flexibility index (Phi) is 6.97. The van der Waals surface area contributed by atoms with Gasteiger partial charge in [0.1, 0.15) is 5.82 Å². The normalized spacial score (nSPS) is 15.0. The molecule has 6 nitrogen and oxygen atoms in total. The molecule has 2 heterocycles. The second-order valence-corrected chi connectivity index (χ2v) is 9.76. The number of halogens is 2. The molecule has 8 heteroatoms. The van der Waals surface area contributed by atoms with Crippen LogP contribution in [0.1, 0.15) is 57.6 Å². The summed E-state index contributed by atoms with van der Waals surface area (Å²) in [6, 6.07) is 11.6. The van der Waals surface area contributed by atoms with Crippen LogP contribution >= 0.6 is 0 Å². The van der Waals surface area contributed by atoms with E-state index in [9.17, 15) is 13.9 Å². The molecule has 0 amide bonds. The van der Waals surface area contributed by atoms with Crippen LogP contribution in [0.3, 0.4) is 0 Å². The third-order valence-corrected chi connectivity index (χ3v) is 7.21. The van der Waals surface area contributed by atoms with Crippen LogP contribution in [-0.2, 0) is 0 Å². The highest BCUT2D eigenvalue weighted by molar-refractivity contribution is 6.22. The van der Waals surface area contributed by atoms with E-state index in [0.717, 1.165) is 48.8 Å². The van der Waals surface area contributed by atoms with Gasteiger partial charge in [0.15, 0.2) is 11.6 Å². The molecule has 38 heavy (non-hydrogen) atoms. The predicted molar refractivity (Wildman–Crippen MR) is 146 cm³/mol. The molecule has 5 rings (SSSR count). The van der Waals surface area contributed by atoms with E-state index in [1.807, 2.05) is 24.3 Å². The highest BCUT2D eigenvalue weighted by Crippen LogP contribution is 2.42. The summed E-state index contributed by atoms with van der Waals surface area (Å²) in [6.45, 7) is 3.21. The van der Waals surface area contributed by atoms with Gasteiger partial charge in [-0.1, -0.05) is 31.4 Å². The molecular formula is C30H30F2N4O2. The minimum absolute atomic E-state index is 0.0725. The van der Waals surface area contributed by atoms with Gasteiger partial charge < -0.3 is 19.8 Å². The second-order valence-electron chi connectivity index (χ2n) is 9.76. The van der Waals surface area contributed by atoms with E-state index in [1.54, 1.807) is 20.0 Å². The van der Waals surface area contributed by atoms with Gasteiger partial charge in [0.2, 0.25) is 5.88 Å². The van der Waals surface area contributed by atoms with Crippen LogP contribution in [0.25, 0.3) is 39.1 Å². The molecule has 2 aromatic heterocycles. The zero-order valence-electron chi connectivity index (χ0n) is 21.7. The van der Waals surface area contributed by atoms with Crippen molar-refractivity contribution in [3.05, 3.63) is 71.6 Å². The Morgan fingerprint density at radius 1 is 1.03 bits per heavy atom. The Bertz CT molecular complexity index is 1560. The van der Waals surface area contributed by atoms with Gasteiger partial charge in [0.25, 0.3) is 0 Å². The zero-order valence-corrected chi connectivity index (χ0v) is 21.7. The van der Waals surface area contributed by atoms with Gasteiger partial charge in [-0.05, 0) is 68.1 Å². The van der Waals surface area contributed by atoms with E-state index in [2.05, 4.69) is 9.55 Å². The van der Waals surface area contributed by atoms with E-state index in [-0.39, 0.29) is 23.4 Å². The Morgan fingerprint density at radius 2 is 1.79 bits per heavy atom. The third-order valence-electron chi connectivity index (χ3n) is 7.21. The molecule has 2 N–H and O–H groups in total. The summed E-state index contributed by atoms with van der Waals surface area (Å²) < 4.78 is 35.9. The molecule has 1 aliphatic carbocycles. The van der Waals surface area contributed by atoms with Gasteiger partial charge in [0, 0.05) is 29.1 Å². The molecule has 0 atom stereocenters. The van der Waals surface area contributed by atoms with Crippen LogP contribution in [0.5, 0.6) is 5.88 Å². The van der Waals surface area contributed by atoms with E-state index in [4.69, 9.17) is 15.1 Å². The maximum absolute atomic E-state index is 14.3. The summed E-state index contributed by atoms with van der Waals surface area (Å²) in [7, 11) is 1.50. The van der Waals surface area contributed by atoms with E-state index < -0.39 is 11.6 Å². The van der Waals surface area contributed by atoms with Crippen LogP contribution in [0.4, 0.5) is 8.78 Å². The summed E-state index contributed by atoms with van der Waals surface area (Å²) in [5.41, 5.74) is 4.75. The molecule has 0 spiro atoms. The Labute approximate surface area is 220 Å². The van der Waals surface area contributed by atoms with Gasteiger partial charge in [-0.25, -0.2) is 18.7 Å². The number of methoxy groups -OCH3 is 1. The van der Waals surface area contributed by atoms with Crippen molar-refractivity contribution in [1.82, 2.24) is 14.5 Å². The van der Waals surface area contributed by atoms with Crippen molar-refractivity contribution in [2.24, 2.45) is 0 Å². The van der Waals surface area contributed by atoms with Crippen LogP contribution in [0, 0.1) is 17.0 Å². The number of fused-ring (bicyclic) bond motifs is 1. The fraction of sp³-hybridized carbons (Fsp3) is 0.300. The average molecular weight is 517 g/mol. The largest absolute Gasteiger partial charge is 0.512 e. The molecule has 0 aliphatic heterocycles. The number of hydrogen-bond acceptors (Lipinski definition) is 5. The minimum atomic E-state index is -0.953. The number of pyridine rings is 1. The minimum Gasteiger partial charge on any atom is -0.512 e. The topological polar surface area (TPSA) is 84.0 Å². The van der Waals surface area contributed by atoms with Crippen molar-refractivity contribution >= 4 is 22.3 Å². The van der Waals surface area contributed by atoms with E-state index in [1.165, 1.54) is 19.6 Å². The van der Waals surface area contributed by atoms with Gasteiger partial charge in [-0.3, -0.25) is 0 Å². The van der Waals surface area contributed by atoms with Crippen LogP contribution in [0.2, 0.25) is 0 Å².